The van der Waals surface area contributed by atoms with Crippen molar-refractivity contribution in [2.45, 2.75) is 25.7 Å². The summed E-state index contributed by atoms with van der Waals surface area (Å²) in [4.78, 5) is 23.1. The van der Waals surface area contributed by atoms with Crippen LogP contribution in [0.25, 0.3) is 0 Å². The number of hydrogen-bond donors (Lipinski definition) is 0. The average Bonchev–Trinajstić information content (AvgIpc) is 3.05. The van der Waals surface area contributed by atoms with E-state index in [9.17, 15) is 10.1 Å². The zero-order valence-corrected chi connectivity index (χ0v) is 14.0. The van der Waals surface area contributed by atoms with Crippen LogP contribution in [-0.4, -0.2) is 47.2 Å². The molecule has 1 aliphatic rings. The Morgan fingerprint density at radius 2 is 2.25 bits per heavy atom. The van der Waals surface area contributed by atoms with E-state index in [1.165, 1.54) is 6.20 Å². The van der Waals surface area contributed by atoms with Crippen LogP contribution in [0.15, 0.2) is 16.8 Å². The van der Waals surface area contributed by atoms with Gasteiger partial charge in [0.05, 0.1) is 10.8 Å². The fourth-order valence-corrected chi connectivity index (χ4v) is 2.86. The van der Waals surface area contributed by atoms with Crippen molar-refractivity contribution in [3.05, 3.63) is 33.8 Å². The number of aromatic nitrogens is 3. The molecule has 0 saturated carbocycles. The van der Waals surface area contributed by atoms with E-state index in [4.69, 9.17) is 4.52 Å². The maximum atomic E-state index is 10.9. The molecule has 128 valence electrons. The van der Waals surface area contributed by atoms with Gasteiger partial charge in [-0.1, -0.05) is 0 Å². The van der Waals surface area contributed by atoms with Gasteiger partial charge in [0, 0.05) is 32.7 Å². The Kier molecular flexibility index (Phi) is 4.32. The summed E-state index contributed by atoms with van der Waals surface area (Å²) in [6.45, 7) is 3.29. The summed E-state index contributed by atoms with van der Waals surface area (Å²) in [7, 11) is 3.73. The summed E-state index contributed by atoms with van der Waals surface area (Å²) in [5.74, 6) is 2.07. The Morgan fingerprint density at radius 3 is 2.88 bits per heavy atom. The quantitative estimate of drug-likeness (QED) is 0.620. The number of nitrogens with zero attached hydrogens (tertiary/aromatic N) is 6. The lowest BCUT2D eigenvalue weighted by atomic mass is 9.98. The molecule has 9 nitrogen and oxygen atoms in total. The Balaban J connectivity index is 1.77. The molecule has 0 aliphatic carbocycles. The summed E-state index contributed by atoms with van der Waals surface area (Å²) >= 11 is 0. The monoisotopic (exact) mass is 332 g/mol. The molecule has 24 heavy (non-hydrogen) atoms. The van der Waals surface area contributed by atoms with Crippen molar-refractivity contribution in [3.8, 4) is 0 Å². The molecule has 3 rings (SSSR count). The number of anilines is 2. The van der Waals surface area contributed by atoms with E-state index in [0.717, 1.165) is 25.2 Å². The second-order valence-corrected chi connectivity index (χ2v) is 6.20. The van der Waals surface area contributed by atoms with Crippen molar-refractivity contribution < 1.29 is 9.45 Å². The summed E-state index contributed by atoms with van der Waals surface area (Å²) in [5.41, 5.74) is 0.652. The smallest absolute Gasteiger partial charge is 0.290 e. The standard InChI is InChI=1S/C15H20N6O3/c1-10-7-13(16-8-12(10)21(22)23)20-6-4-5-11(9-20)14-17-15(18-24-14)19(2)3/h7-8,11H,4-6,9H2,1-3H3. The van der Waals surface area contributed by atoms with E-state index < -0.39 is 4.92 Å². The molecule has 0 aromatic carbocycles. The highest BCUT2D eigenvalue weighted by molar-refractivity contribution is 5.49. The van der Waals surface area contributed by atoms with Crippen LogP contribution in [0.2, 0.25) is 0 Å². The van der Waals surface area contributed by atoms with E-state index in [1.54, 1.807) is 17.9 Å². The van der Waals surface area contributed by atoms with Gasteiger partial charge in [-0.25, -0.2) is 4.98 Å². The first-order chi connectivity index (χ1) is 11.5. The van der Waals surface area contributed by atoms with Crippen LogP contribution in [0.5, 0.6) is 0 Å². The molecule has 9 heteroatoms. The molecule has 1 saturated heterocycles. The summed E-state index contributed by atoms with van der Waals surface area (Å²) in [5, 5.41) is 14.9. The van der Waals surface area contributed by atoms with Crippen LogP contribution in [0.1, 0.15) is 30.2 Å². The predicted octanol–water partition coefficient (Wildman–Crippen LogP) is 2.13. The van der Waals surface area contributed by atoms with Crippen molar-refractivity contribution in [2.75, 3.05) is 37.0 Å². The van der Waals surface area contributed by atoms with Gasteiger partial charge in [0.15, 0.2) is 0 Å². The highest BCUT2D eigenvalue weighted by atomic mass is 16.6. The molecule has 0 spiro atoms. The molecule has 2 aromatic heterocycles. The zero-order chi connectivity index (χ0) is 17.3. The Morgan fingerprint density at radius 1 is 1.46 bits per heavy atom. The summed E-state index contributed by atoms with van der Waals surface area (Å²) < 4.78 is 5.38. The molecule has 1 aliphatic heterocycles. The topological polar surface area (TPSA) is 101 Å². The van der Waals surface area contributed by atoms with Crippen molar-refractivity contribution in [1.82, 2.24) is 15.1 Å². The number of hydrogen-bond acceptors (Lipinski definition) is 8. The molecule has 0 bridgehead atoms. The number of pyridine rings is 1. The SMILES string of the molecule is Cc1cc(N2CCCC(c3nc(N(C)C)no3)C2)ncc1[N+](=O)[O-]. The number of nitro groups is 1. The van der Waals surface area contributed by atoms with Gasteiger partial charge in [0.2, 0.25) is 5.89 Å². The zero-order valence-electron chi connectivity index (χ0n) is 14.0. The predicted molar refractivity (Wildman–Crippen MR) is 88.4 cm³/mol. The first-order valence-electron chi connectivity index (χ1n) is 7.82. The third-order valence-corrected chi connectivity index (χ3v) is 4.19. The first-order valence-corrected chi connectivity index (χ1v) is 7.82. The van der Waals surface area contributed by atoms with Crippen LogP contribution in [0, 0.1) is 17.0 Å². The number of piperidine rings is 1. The lowest BCUT2D eigenvalue weighted by Gasteiger charge is -2.31. The third kappa shape index (κ3) is 3.15. The van der Waals surface area contributed by atoms with Gasteiger partial charge in [-0.15, -0.1) is 0 Å². The van der Waals surface area contributed by atoms with Gasteiger partial charge < -0.3 is 14.3 Å². The highest BCUT2D eigenvalue weighted by Gasteiger charge is 2.27. The van der Waals surface area contributed by atoms with E-state index >= 15 is 0 Å². The molecule has 2 aromatic rings. The molecule has 0 N–H and O–H groups in total. The third-order valence-electron chi connectivity index (χ3n) is 4.19. The number of aryl methyl sites for hydroxylation is 1. The average molecular weight is 332 g/mol. The maximum Gasteiger partial charge on any atom is 0.290 e. The first kappa shape index (κ1) is 16.2. The molecular formula is C15H20N6O3. The Bertz CT molecular complexity index is 745. The van der Waals surface area contributed by atoms with Gasteiger partial charge in [0.25, 0.3) is 11.6 Å². The highest BCUT2D eigenvalue weighted by Crippen LogP contribution is 2.30. The van der Waals surface area contributed by atoms with E-state index in [0.29, 0.717) is 23.9 Å². The number of rotatable bonds is 4. The normalized spacial score (nSPS) is 17.8. The van der Waals surface area contributed by atoms with Crippen molar-refractivity contribution >= 4 is 17.5 Å². The minimum absolute atomic E-state index is 0.0415. The summed E-state index contributed by atoms with van der Waals surface area (Å²) in [6, 6.07) is 1.76. The van der Waals surface area contributed by atoms with E-state index in [-0.39, 0.29) is 11.6 Å². The minimum atomic E-state index is -0.410. The molecular weight excluding hydrogens is 312 g/mol. The van der Waals surface area contributed by atoms with Crippen molar-refractivity contribution in [3.63, 3.8) is 0 Å². The van der Waals surface area contributed by atoms with E-state index in [1.807, 2.05) is 14.1 Å². The van der Waals surface area contributed by atoms with Gasteiger partial charge >= 0.3 is 0 Å². The fourth-order valence-electron chi connectivity index (χ4n) is 2.86. The Hall–Kier alpha value is -2.71. The van der Waals surface area contributed by atoms with Crippen LogP contribution in [0.3, 0.4) is 0 Å². The lowest BCUT2D eigenvalue weighted by molar-refractivity contribution is -0.385. The molecule has 0 amide bonds. The van der Waals surface area contributed by atoms with Crippen molar-refractivity contribution in [2.24, 2.45) is 0 Å². The molecule has 1 fully saturated rings. The van der Waals surface area contributed by atoms with E-state index in [2.05, 4.69) is 20.0 Å². The molecule has 3 heterocycles. The largest absolute Gasteiger partial charge is 0.356 e. The van der Waals surface area contributed by atoms with Gasteiger partial charge in [-0.2, -0.15) is 4.98 Å². The second kappa shape index (κ2) is 6.42. The summed E-state index contributed by atoms with van der Waals surface area (Å²) in [6.07, 6.45) is 3.27. The van der Waals surface area contributed by atoms with Gasteiger partial charge in [0.1, 0.15) is 12.0 Å². The molecule has 1 atom stereocenters. The van der Waals surface area contributed by atoms with Crippen LogP contribution in [0.4, 0.5) is 17.5 Å². The Labute approximate surface area is 139 Å². The molecule has 1 unspecified atom stereocenters. The van der Waals surface area contributed by atoms with Crippen molar-refractivity contribution in [1.29, 1.82) is 0 Å². The fraction of sp³-hybridized carbons (Fsp3) is 0.533. The van der Waals surface area contributed by atoms with Crippen LogP contribution >= 0.6 is 0 Å². The van der Waals surface area contributed by atoms with Crippen LogP contribution in [-0.2, 0) is 0 Å². The lowest BCUT2D eigenvalue weighted by Crippen LogP contribution is -2.35. The minimum Gasteiger partial charge on any atom is -0.356 e. The van der Waals surface area contributed by atoms with Gasteiger partial charge in [-0.3, -0.25) is 10.1 Å². The van der Waals surface area contributed by atoms with Crippen LogP contribution < -0.4 is 9.80 Å². The molecule has 0 radical (unpaired) electrons. The second-order valence-electron chi connectivity index (χ2n) is 6.20. The maximum absolute atomic E-state index is 10.9. The van der Waals surface area contributed by atoms with Gasteiger partial charge in [-0.05, 0) is 31.0 Å².